The molecule has 2 N–H and O–H groups in total. The minimum Gasteiger partial charge on any atom is -0.387 e. The fourth-order valence-electron chi connectivity index (χ4n) is 1.82. The highest BCUT2D eigenvalue weighted by Gasteiger charge is 2.35. The lowest BCUT2D eigenvalue weighted by Crippen LogP contribution is -2.60. The van der Waals surface area contributed by atoms with Crippen molar-refractivity contribution in [2.24, 2.45) is 0 Å². The smallest absolute Gasteiger partial charge is 0.0968 e. The molecule has 0 saturated carbocycles. The predicted molar refractivity (Wildman–Crippen MR) is 61.1 cm³/mol. The minimum absolute atomic E-state index is 0.562. The van der Waals surface area contributed by atoms with Crippen LogP contribution < -0.4 is 5.32 Å². The van der Waals surface area contributed by atoms with Crippen LogP contribution >= 0.6 is 11.3 Å². The maximum atomic E-state index is 9.99. The summed E-state index contributed by atoms with van der Waals surface area (Å²) in [7, 11) is 0. The Labute approximate surface area is 91.8 Å². The predicted octanol–water partition coefficient (Wildman–Crippen LogP) is 1.17. The molecule has 1 saturated heterocycles. The third-order valence-electron chi connectivity index (χ3n) is 2.73. The number of rotatable bonds is 2. The number of aliphatic hydroxyl groups is 1. The molecule has 1 aromatic carbocycles. The van der Waals surface area contributed by atoms with Crippen molar-refractivity contribution in [1.82, 2.24) is 10.3 Å². The van der Waals surface area contributed by atoms with Crippen LogP contribution in [0, 0.1) is 0 Å². The van der Waals surface area contributed by atoms with E-state index in [4.69, 9.17) is 0 Å². The number of hydrogen-bond acceptors (Lipinski definition) is 4. The average Bonchev–Trinajstić information content (AvgIpc) is 2.57. The molecule has 2 heterocycles. The third kappa shape index (κ3) is 1.65. The highest BCUT2D eigenvalue weighted by Crippen LogP contribution is 2.26. The first kappa shape index (κ1) is 9.27. The molecular formula is C11H12N2OS. The molecule has 0 spiro atoms. The summed E-state index contributed by atoms with van der Waals surface area (Å²) in [4.78, 5) is 4.51. The Bertz CT molecular complexity index is 457. The van der Waals surface area contributed by atoms with E-state index in [2.05, 4.69) is 16.4 Å². The van der Waals surface area contributed by atoms with Gasteiger partial charge in [-0.2, -0.15) is 0 Å². The second-order valence-corrected chi connectivity index (χ2v) is 5.20. The molecule has 0 amide bonds. The van der Waals surface area contributed by atoms with E-state index >= 15 is 0 Å². The Hall–Kier alpha value is -0.970. The summed E-state index contributed by atoms with van der Waals surface area (Å²) in [6.07, 6.45) is 0.666. The van der Waals surface area contributed by atoms with E-state index in [0.29, 0.717) is 19.5 Å². The van der Waals surface area contributed by atoms with E-state index in [1.807, 2.05) is 18.2 Å². The Balaban J connectivity index is 1.91. The molecule has 1 aromatic heterocycles. The maximum absolute atomic E-state index is 9.99. The molecule has 3 rings (SSSR count). The highest BCUT2D eigenvalue weighted by atomic mass is 32.1. The van der Waals surface area contributed by atoms with Crippen LogP contribution in [-0.2, 0) is 6.42 Å². The molecule has 15 heavy (non-hydrogen) atoms. The molecule has 0 aliphatic carbocycles. The van der Waals surface area contributed by atoms with Crippen LogP contribution in [0.1, 0.15) is 5.01 Å². The molecule has 0 bridgehead atoms. The van der Waals surface area contributed by atoms with Gasteiger partial charge in [-0.25, -0.2) is 4.98 Å². The van der Waals surface area contributed by atoms with Gasteiger partial charge in [0.2, 0.25) is 0 Å². The average molecular weight is 220 g/mol. The lowest BCUT2D eigenvalue weighted by molar-refractivity contribution is -0.00901. The Morgan fingerprint density at radius 2 is 2.20 bits per heavy atom. The summed E-state index contributed by atoms with van der Waals surface area (Å²) in [5, 5.41) is 14.1. The van der Waals surface area contributed by atoms with Gasteiger partial charge in [-0.1, -0.05) is 12.1 Å². The number of aromatic nitrogens is 1. The molecular weight excluding hydrogens is 208 g/mol. The van der Waals surface area contributed by atoms with Crippen molar-refractivity contribution in [3.8, 4) is 0 Å². The molecule has 3 nitrogen and oxygen atoms in total. The van der Waals surface area contributed by atoms with Crippen molar-refractivity contribution in [2.45, 2.75) is 12.0 Å². The van der Waals surface area contributed by atoms with Crippen molar-refractivity contribution in [1.29, 1.82) is 0 Å². The monoisotopic (exact) mass is 220 g/mol. The minimum atomic E-state index is -0.562. The molecule has 0 radical (unpaired) electrons. The first-order chi connectivity index (χ1) is 7.25. The van der Waals surface area contributed by atoms with Gasteiger partial charge in [-0.3, -0.25) is 0 Å². The highest BCUT2D eigenvalue weighted by molar-refractivity contribution is 7.18. The number of benzene rings is 1. The second kappa shape index (κ2) is 3.27. The topological polar surface area (TPSA) is 45.2 Å². The normalized spacial score (nSPS) is 19.0. The van der Waals surface area contributed by atoms with Crippen molar-refractivity contribution < 1.29 is 5.11 Å². The zero-order valence-electron chi connectivity index (χ0n) is 8.23. The maximum Gasteiger partial charge on any atom is 0.0968 e. The Kier molecular flexibility index (Phi) is 2.02. The standard InChI is InChI=1S/C11H12N2OS/c14-11(6-12-7-11)5-10-13-8-3-1-2-4-9(8)15-10/h1-4,12,14H,5-7H2. The van der Waals surface area contributed by atoms with Crippen molar-refractivity contribution in [3.63, 3.8) is 0 Å². The van der Waals surface area contributed by atoms with Crippen LogP contribution in [0.15, 0.2) is 24.3 Å². The zero-order valence-corrected chi connectivity index (χ0v) is 9.05. The number of nitrogens with zero attached hydrogens (tertiary/aromatic N) is 1. The summed E-state index contributed by atoms with van der Waals surface area (Å²) in [6.45, 7) is 1.37. The summed E-state index contributed by atoms with van der Waals surface area (Å²) < 4.78 is 1.20. The zero-order chi connectivity index (χ0) is 10.3. The molecule has 78 valence electrons. The van der Waals surface area contributed by atoms with Gasteiger partial charge >= 0.3 is 0 Å². The van der Waals surface area contributed by atoms with E-state index in [1.165, 1.54) is 4.70 Å². The van der Waals surface area contributed by atoms with Crippen LogP contribution in [0.5, 0.6) is 0 Å². The summed E-state index contributed by atoms with van der Waals surface area (Å²) >= 11 is 1.67. The van der Waals surface area contributed by atoms with E-state index in [9.17, 15) is 5.11 Å². The molecule has 0 atom stereocenters. The molecule has 4 heteroatoms. The lowest BCUT2D eigenvalue weighted by atomic mass is 9.94. The van der Waals surface area contributed by atoms with Gasteiger partial charge in [-0.05, 0) is 12.1 Å². The van der Waals surface area contributed by atoms with Crippen molar-refractivity contribution in [2.75, 3.05) is 13.1 Å². The Morgan fingerprint density at radius 1 is 1.40 bits per heavy atom. The number of thiazole rings is 1. The van der Waals surface area contributed by atoms with E-state index < -0.39 is 5.60 Å². The summed E-state index contributed by atoms with van der Waals surface area (Å²) in [6, 6.07) is 8.09. The third-order valence-corrected chi connectivity index (χ3v) is 3.76. The van der Waals surface area contributed by atoms with E-state index in [-0.39, 0.29) is 0 Å². The molecule has 1 aliphatic heterocycles. The van der Waals surface area contributed by atoms with Crippen LogP contribution in [0.2, 0.25) is 0 Å². The van der Waals surface area contributed by atoms with Crippen LogP contribution in [0.25, 0.3) is 10.2 Å². The molecule has 1 aliphatic rings. The van der Waals surface area contributed by atoms with Gasteiger partial charge < -0.3 is 10.4 Å². The van der Waals surface area contributed by atoms with Gasteiger partial charge in [0.05, 0.1) is 20.8 Å². The number of fused-ring (bicyclic) bond motifs is 1. The number of hydrogen-bond donors (Lipinski definition) is 2. The molecule has 0 unspecified atom stereocenters. The van der Waals surface area contributed by atoms with Crippen LogP contribution in [-0.4, -0.2) is 28.8 Å². The van der Waals surface area contributed by atoms with Gasteiger partial charge in [-0.15, -0.1) is 11.3 Å². The first-order valence-corrected chi connectivity index (χ1v) is 5.84. The fourth-order valence-corrected chi connectivity index (χ4v) is 2.92. The van der Waals surface area contributed by atoms with Gasteiger partial charge in [0, 0.05) is 19.5 Å². The van der Waals surface area contributed by atoms with E-state index in [1.54, 1.807) is 11.3 Å². The van der Waals surface area contributed by atoms with Crippen molar-refractivity contribution in [3.05, 3.63) is 29.3 Å². The summed E-state index contributed by atoms with van der Waals surface area (Å²) in [5.74, 6) is 0. The van der Waals surface area contributed by atoms with Crippen LogP contribution in [0.3, 0.4) is 0 Å². The van der Waals surface area contributed by atoms with Crippen LogP contribution in [0.4, 0.5) is 0 Å². The summed E-state index contributed by atoms with van der Waals surface area (Å²) in [5.41, 5.74) is 0.474. The quantitative estimate of drug-likeness (QED) is 0.798. The number of para-hydroxylation sites is 1. The molecule has 2 aromatic rings. The van der Waals surface area contributed by atoms with E-state index in [0.717, 1.165) is 10.5 Å². The number of β-amino-alcohol motifs (C(OH)–C–C–N with tert-alkyl or cyclic N) is 1. The first-order valence-electron chi connectivity index (χ1n) is 5.03. The SMILES string of the molecule is OC1(Cc2nc3ccccc3s2)CNC1. The largest absolute Gasteiger partial charge is 0.387 e. The van der Waals surface area contributed by atoms with Gasteiger partial charge in [0.15, 0.2) is 0 Å². The number of nitrogens with one attached hydrogen (secondary N) is 1. The fraction of sp³-hybridized carbons (Fsp3) is 0.364. The second-order valence-electron chi connectivity index (χ2n) is 4.08. The Morgan fingerprint density at radius 3 is 2.87 bits per heavy atom. The molecule has 1 fully saturated rings. The van der Waals surface area contributed by atoms with Gasteiger partial charge in [0.1, 0.15) is 0 Å². The lowest BCUT2D eigenvalue weighted by Gasteiger charge is -2.36. The van der Waals surface area contributed by atoms with Crippen molar-refractivity contribution >= 4 is 21.6 Å². The van der Waals surface area contributed by atoms with Gasteiger partial charge in [0.25, 0.3) is 0 Å².